The Balaban J connectivity index is 1.97. The molecule has 1 aliphatic heterocycles. The normalized spacial score (nSPS) is 15.0. The number of fused-ring (bicyclic) bond motifs is 3. The molecule has 4 rings (SSSR count). The number of hydrogen-bond donors (Lipinski definition) is 0. The molecule has 0 saturated heterocycles. The number of methoxy groups -OCH3 is 1. The van der Waals surface area contributed by atoms with Crippen molar-refractivity contribution in [2.24, 2.45) is 0 Å². The zero-order valence-electron chi connectivity index (χ0n) is 16.3. The number of rotatable bonds is 4. The van der Waals surface area contributed by atoms with Crippen LogP contribution in [-0.2, 0) is 4.79 Å². The highest BCUT2D eigenvalue weighted by molar-refractivity contribution is 7.98. The maximum atomic E-state index is 13.0. The molecule has 0 spiro atoms. The summed E-state index contributed by atoms with van der Waals surface area (Å²) in [6, 6.07) is 15.1. The van der Waals surface area contributed by atoms with Crippen LogP contribution in [0.4, 0.5) is 5.69 Å². The average Bonchev–Trinajstić information content (AvgIpc) is 2.92. The monoisotopic (exact) mass is 408 g/mol. The number of benzene rings is 2. The highest BCUT2D eigenvalue weighted by Crippen LogP contribution is 2.43. The molecule has 2 aromatic carbocycles. The number of thioether (sulfide) groups is 1. The molecular formula is C21H20N4O3S. The van der Waals surface area contributed by atoms with Crippen molar-refractivity contribution >= 4 is 23.4 Å². The molecule has 1 aliphatic rings. The predicted molar refractivity (Wildman–Crippen MR) is 111 cm³/mol. The van der Waals surface area contributed by atoms with Gasteiger partial charge in [0.15, 0.2) is 5.69 Å². The third-order valence-corrected chi connectivity index (χ3v) is 5.18. The Morgan fingerprint density at radius 2 is 2.03 bits per heavy atom. The van der Waals surface area contributed by atoms with Crippen molar-refractivity contribution in [1.29, 1.82) is 0 Å². The lowest BCUT2D eigenvalue weighted by Gasteiger charge is -2.30. The SMILES string of the molecule is CCC(=O)N1c2ccccc2-c2nnc(SC)nc2O[C@H]1c1cccc(OC)c1. The molecule has 8 heteroatoms. The second kappa shape index (κ2) is 8.08. The molecule has 0 unspecified atom stereocenters. The van der Waals surface area contributed by atoms with Gasteiger partial charge in [0.1, 0.15) is 5.75 Å². The molecule has 0 bridgehead atoms. The van der Waals surface area contributed by atoms with E-state index >= 15 is 0 Å². The molecule has 3 aromatic rings. The van der Waals surface area contributed by atoms with Crippen molar-refractivity contribution in [2.75, 3.05) is 18.3 Å². The zero-order valence-corrected chi connectivity index (χ0v) is 17.1. The van der Waals surface area contributed by atoms with E-state index in [1.54, 1.807) is 12.0 Å². The summed E-state index contributed by atoms with van der Waals surface area (Å²) in [4.78, 5) is 19.2. The summed E-state index contributed by atoms with van der Waals surface area (Å²) in [5.74, 6) is 0.950. The van der Waals surface area contributed by atoms with Crippen LogP contribution in [0.5, 0.6) is 11.6 Å². The fourth-order valence-electron chi connectivity index (χ4n) is 3.25. The summed E-state index contributed by atoms with van der Waals surface area (Å²) < 4.78 is 11.7. The molecule has 1 atom stereocenters. The number of aromatic nitrogens is 3. The minimum Gasteiger partial charge on any atom is -0.497 e. The van der Waals surface area contributed by atoms with Gasteiger partial charge < -0.3 is 9.47 Å². The van der Waals surface area contributed by atoms with E-state index in [4.69, 9.17) is 9.47 Å². The van der Waals surface area contributed by atoms with Crippen LogP contribution in [-0.4, -0.2) is 34.5 Å². The smallest absolute Gasteiger partial charge is 0.247 e. The second-order valence-electron chi connectivity index (χ2n) is 6.33. The van der Waals surface area contributed by atoms with E-state index in [2.05, 4.69) is 15.2 Å². The van der Waals surface area contributed by atoms with Crippen LogP contribution in [0.1, 0.15) is 25.1 Å². The molecule has 0 fully saturated rings. The first kappa shape index (κ1) is 19.2. The maximum Gasteiger partial charge on any atom is 0.247 e. The minimum atomic E-state index is -0.716. The molecule has 29 heavy (non-hydrogen) atoms. The van der Waals surface area contributed by atoms with E-state index < -0.39 is 6.23 Å². The Hall–Kier alpha value is -3.13. The highest BCUT2D eigenvalue weighted by Gasteiger charge is 2.35. The van der Waals surface area contributed by atoms with Crippen LogP contribution < -0.4 is 14.4 Å². The van der Waals surface area contributed by atoms with Gasteiger partial charge in [0.25, 0.3) is 0 Å². The Labute approximate surface area is 173 Å². The molecule has 0 saturated carbocycles. The summed E-state index contributed by atoms with van der Waals surface area (Å²) in [5.41, 5.74) is 2.75. The molecule has 0 N–H and O–H groups in total. The molecule has 7 nitrogen and oxygen atoms in total. The number of ether oxygens (including phenoxy) is 2. The lowest BCUT2D eigenvalue weighted by atomic mass is 10.1. The number of nitrogens with zero attached hydrogens (tertiary/aromatic N) is 4. The summed E-state index contributed by atoms with van der Waals surface area (Å²) in [6.45, 7) is 1.83. The fourth-order valence-corrected chi connectivity index (χ4v) is 3.55. The zero-order chi connectivity index (χ0) is 20.4. The Morgan fingerprint density at radius 1 is 1.21 bits per heavy atom. The molecule has 2 heterocycles. The highest BCUT2D eigenvalue weighted by atomic mass is 32.2. The topological polar surface area (TPSA) is 77.4 Å². The molecule has 0 radical (unpaired) electrons. The van der Waals surface area contributed by atoms with Crippen molar-refractivity contribution in [3.05, 3.63) is 54.1 Å². The first-order valence-corrected chi connectivity index (χ1v) is 10.4. The molecular weight excluding hydrogens is 388 g/mol. The van der Waals surface area contributed by atoms with Crippen LogP contribution in [0.3, 0.4) is 0 Å². The number of carbonyl (C=O) groups excluding carboxylic acids is 1. The van der Waals surface area contributed by atoms with Crippen molar-refractivity contribution in [2.45, 2.75) is 24.7 Å². The third-order valence-electron chi connectivity index (χ3n) is 4.64. The lowest BCUT2D eigenvalue weighted by Crippen LogP contribution is -2.37. The van der Waals surface area contributed by atoms with E-state index in [0.29, 0.717) is 34.6 Å². The van der Waals surface area contributed by atoms with Crippen molar-refractivity contribution in [3.8, 4) is 22.9 Å². The predicted octanol–water partition coefficient (Wildman–Crippen LogP) is 4.10. The average molecular weight is 408 g/mol. The van der Waals surface area contributed by atoms with Crippen LogP contribution >= 0.6 is 11.8 Å². The van der Waals surface area contributed by atoms with Crippen molar-refractivity contribution < 1.29 is 14.3 Å². The maximum absolute atomic E-state index is 13.0. The van der Waals surface area contributed by atoms with Gasteiger partial charge in [-0.2, -0.15) is 4.98 Å². The second-order valence-corrected chi connectivity index (χ2v) is 7.11. The van der Waals surface area contributed by atoms with Gasteiger partial charge in [0, 0.05) is 17.5 Å². The number of para-hydroxylation sites is 1. The van der Waals surface area contributed by atoms with Gasteiger partial charge in [-0.1, -0.05) is 49.0 Å². The van der Waals surface area contributed by atoms with Gasteiger partial charge in [-0.15, -0.1) is 10.2 Å². The third kappa shape index (κ3) is 3.51. The molecule has 148 valence electrons. The fraction of sp³-hybridized carbons (Fsp3) is 0.238. The minimum absolute atomic E-state index is 0.0730. The Bertz CT molecular complexity index is 1060. The van der Waals surface area contributed by atoms with Crippen LogP contribution in [0, 0.1) is 0 Å². The molecule has 0 aliphatic carbocycles. The van der Waals surface area contributed by atoms with Crippen LogP contribution in [0.25, 0.3) is 11.3 Å². The van der Waals surface area contributed by atoms with Gasteiger partial charge >= 0.3 is 0 Å². The van der Waals surface area contributed by atoms with Gasteiger partial charge in [-0.25, -0.2) is 0 Å². The van der Waals surface area contributed by atoms with Gasteiger partial charge in [-0.3, -0.25) is 9.69 Å². The summed E-state index contributed by atoms with van der Waals surface area (Å²) in [7, 11) is 1.61. The van der Waals surface area contributed by atoms with Crippen molar-refractivity contribution in [1.82, 2.24) is 15.2 Å². The first-order valence-electron chi connectivity index (χ1n) is 9.17. The van der Waals surface area contributed by atoms with Crippen LogP contribution in [0.2, 0.25) is 0 Å². The van der Waals surface area contributed by atoms with E-state index in [0.717, 1.165) is 11.1 Å². The van der Waals surface area contributed by atoms with E-state index in [-0.39, 0.29) is 5.91 Å². The number of hydrogen-bond acceptors (Lipinski definition) is 7. The summed E-state index contributed by atoms with van der Waals surface area (Å²) in [6.07, 6.45) is 1.48. The van der Waals surface area contributed by atoms with E-state index in [1.807, 2.05) is 61.7 Å². The number of carbonyl (C=O) groups is 1. The number of anilines is 1. The summed E-state index contributed by atoms with van der Waals surface area (Å²) in [5, 5.41) is 9.02. The first-order chi connectivity index (χ1) is 14.2. The standard InChI is InChI=1S/C21H20N4O3S/c1-4-17(26)25-16-11-6-5-10-15(16)18-19(22-21(29-3)24-23-18)28-20(25)13-8-7-9-14(12-13)27-2/h5-12,20H,4H2,1-3H3/t20-/m0/s1. The summed E-state index contributed by atoms with van der Waals surface area (Å²) >= 11 is 1.38. The lowest BCUT2D eigenvalue weighted by molar-refractivity contribution is -0.120. The van der Waals surface area contributed by atoms with E-state index in [9.17, 15) is 4.79 Å². The molecule has 1 aromatic heterocycles. The van der Waals surface area contributed by atoms with Gasteiger partial charge in [-0.05, 0) is 24.5 Å². The Kier molecular flexibility index (Phi) is 5.35. The van der Waals surface area contributed by atoms with Gasteiger partial charge in [0.2, 0.25) is 23.2 Å². The van der Waals surface area contributed by atoms with Crippen molar-refractivity contribution in [3.63, 3.8) is 0 Å². The van der Waals surface area contributed by atoms with Gasteiger partial charge in [0.05, 0.1) is 12.8 Å². The quantitative estimate of drug-likeness (QED) is 0.601. The largest absolute Gasteiger partial charge is 0.497 e. The number of amides is 1. The van der Waals surface area contributed by atoms with E-state index in [1.165, 1.54) is 11.8 Å². The van der Waals surface area contributed by atoms with Crippen LogP contribution in [0.15, 0.2) is 53.7 Å². The molecule has 1 amide bonds. The Morgan fingerprint density at radius 3 is 2.79 bits per heavy atom.